The lowest BCUT2D eigenvalue weighted by molar-refractivity contribution is -0.115. The second kappa shape index (κ2) is 9.85. The Kier molecular flexibility index (Phi) is 6.74. The monoisotopic (exact) mass is 494 g/mol. The lowest BCUT2D eigenvalue weighted by atomic mass is 10.2. The SMILES string of the molecule is COc1cc(/C=C2/SC(=Nc3ccccc3Br)NC2=O)ccc1OCc1ccccc1. The third kappa shape index (κ3) is 5.37. The van der Waals surface area contributed by atoms with Gasteiger partial charge >= 0.3 is 0 Å². The summed E-state index contributed by atoms with van der Waals surface area (Å²) in [6.07, 6.45) is 1.81. The van der Waals surface area contributed by atoms with E-state index in [0.29, 0.717) is 28.2 Å². The second-order valence-corrected chi connectivity index (χ2v) is 8.50. The molecule has 1 saturated heterocycles. The van der Waals surface area contributed by atoms with E-state index < -0.39 is 0 Å². The Labute approximate surface area is 193 Å². The predicted molar refractivity (Wildman–Crippen MR) is 129 cm³/mol. The zero-order valence-electron chi connectivity index (χ0n) is 16.7. The Morgan fingerprint density at radius 2 is 1.81 bits per heavy atom. The highest BCUT2D eigenvalue weighted by Crippen LogP contribution is 2.33. The number of thioether (sulfide) groups is 1. The van der Waals surface area contributed by atoms with Crippen LogP contribution in [0.4, 0.5) is 5.69 Å². The first-order chi connectivity index (χ1) is 15.1. The fraction of sp³-hybridized carbons (Fsp3) is 0.0833. The number of methoxy groups -OCH3 is 1. The molecule has 0 saturated carbocycles. The number of ether oxygens (including phenoxy) is 2. The van der Waals surface area contributed by atoms with E-state index in [4.69, 9.17) is 9.47 Å². The summed E-state index contributed by atoms with van der Waals surface area (Å²) in [5.41, 5.74) is 2.67. The first-order valence-electron chi connectivity index (χ1n) is 9.51. The van der Waals surface area contributed by atoms with Gasteiger partial charge in [0.1, 0.15) is 6.61 Å². The number of hydrogen-bond acceptors (Lipinski definition) is 5. The molecule has 0 aromatic heterocycles. The summed E-state index contributed by atoms with van der Waals surface area (Å²) in [6, 6.07) is 23.1. The minimum absolute atomic E-state index is 0.181. The molecule has 1 aliphatic rings. The van der Waals surface area contributed by atoms with Crippen molar-refractivity contribution in [2.45, 2.75) is 6.61 Å². The molecule has 0 spiro atoms. The number of rotatable bonds is 6. The van der Waals surface area contributed by atoms with Gasteiger partial charge < -0.3 is 14.8 Å². The number of halogens is 1. The van der Waals surface area contributed by atoms with Gasteiger partial charge in [-0.25, -0.2) is 4.99 Å². The smallest absolute Gasteiger partial charge is 0.264 e. The number of amidine groups is 1. The van der Waals surface area contributed by atoms with Crippen LogP contribution in [0.3, 0.4) is 0 Å². The number of benzene rings is 3. The first-order valence-corrected chi connectivity index (χ1v) is 11.1. The average Bonchev–Trinajstić information content (AvgIpc) is 3.13. The molecule has 0 unspecified atom stereocenters. The van der Waals surface area contributed by atoms with Crippen molar-refractivity contribution >= 4 is 50.5 Å². The van der Waals surface area contributed by atoms with Gasteiger partial charge in [0.25, 0.3) is 5.91 Å². The third-order valence-electron chi connectivity index (χ3n) is 4.45. The molecule has 0 bridgehead atoms. The molecule has 31 heavy (non-hydrogen) atoms. The number of aliphatic imine (C=N–C) groups is 1. The zero-order valence-corrected chi connectivity index (χ0v) is 19.1. The Morgan fingerprint density at radius 3 is 2.58 bits per heavy atom. The normalized spacial score (nSPS) is 15.9. The second-order valence-electron chi connectivity index (χ2n) is 6.62. The molecule has 1 amide bonds. The fourth-order valence-electron chi connectivity index (χ4n) is 2.91. The molecule has 1 N–H and O–H groups in total. The molecule has 7 heteroatoms. The molecule has 1 heterocycles. The van der Waals surface area contributed by atoms with Crippen molar-refractivity contribution < 1.29 is 14.3 Å². The molecule has 3 aromatic rings. The van der Waals surface area contributed by atoms with E-state index in [1.165, 1.54) is 11.8 Å². The van der Waals surface area contributed by atoms with Gasteiger partial charge in [0.2, 0.25) is 0 Å². The van der Waals surface area contributed by atoms with E-state index in [0.717, 1.165) is 21.3 Å². The number of amides is 1. The summed E-state index contributed by atoms with van der Waals surface area (Å²) < 4.78 is 12.3. The minimum atomic E-state index is -0.181. The van der Waals surface area contributed by atoms with E-state index >= 15 is 0 Å². The largest absolute Gasteiger partial charge is 0.493 e. The van der Waals surface area contributed by atoms with Crippen LogP contribution in [0.15, 0.2) is 87.2 Å². The molecule has 0 radical (unpaired) electrons. The predicted octanol–water partition coefficient (Wildman–Crippen LogP) is 5.93. The van der Waals surface area contributed by atoms with Crippen molar-refractivity contribution in [1.82, 2.24) is 5.32 Å². The summed E-state index contributed by atoms with van der Waals surface area (Å²) >= 11 is 4.77. The van der Waals surface area contributed by atoms with Crippen molar-refractivity contribution in [2.75, 3.05) is 7.11 Å². The number of para-hydroxylation sites is 1. The quantitative estimate of drug-likeness (QED) is 0.431. The van der Waals surface area contributed by atoms with E-state index in [-0.39, 0.29) is 5.91 Å². The van der Waals surface area contributed by atoms with Crippen molar-refractivity contribution in [1.29, 1.82) is 0 Å². The van der Waals surface area contributed by atoms with Gasteiger partial charge in [-0.3, -0.25) is 4.79 Å². The van der Waals surface area contributed by atoms with E-state index in [9.17, 15) is 4.79 Å². The molecule has 0 atom stereocenters. The third-order valence-corrected chi connectivity index (χ3v) is 6.03. The Balaban J connectivity index is 1.50. The molecule has 0 aliphatic carbocycles. The Morgan fingerprint density at radius 1 is 1.03 bits per heavy atom. The van der Waals surface area contributed by atoms with E-state index in [1.54, 1.807) is 7.11 Å². The molecule has 4 rings (SSSR count). The van der Waals surface area contributed by atoms with Crippen LogP contribution in [-0.4, -0.2) is 18.2 Å². The first kappa shape index (κ1) is 21.2. The summed E-state index contributed by atoms with van der Waals surface area (Å²) in [5.74, 6) is 1.07. The van der Waals surface area contributed by atoms with E-state index in [2.05, 4.69) is 26.2 Å². The van der Waals surface area contributed by atoms with Crippen LogP contribution < -0.4 is 14.8 Å². The van der Waals surface area contributed by atoms with Gasteiger partial charge in [-0.15, -0.1) is 0 Å². The van der Waals surface area contributed by atoms with Crippen molar-refractivity contribution in [2.24, 2.45) is 4.99 Å². The fourth-order valence-corrected chi connectivity index (χ4v) is 4.12. The maximum absolute atomic E-state index is 12.4. The Hall–Kier alpha value is -3.03. The van der Waals surface area contributed by atoms with Gasteiger partial charge in [-0.2, -0.15) is 0 Å². The summed E-state index contributed by atoms with van der Waals surface area (Å²) in [4.78, 5) is 17.5. The van der Waals surface area contributed by atoms with Crippen LogP contribution in [0.2, 0.25) is 0 Å². The van der Waals surface area contributed by atoms with Crippen molar-refractivity contribution in [3.05, 3.63) is 93.3 Å². The zero-order chi connectivity index (χ0) is 21.6. The maximum Gasteiger partial charge on any atom is 0.264 e. The van der Waals surface area contributed by atoms with Gasteiger partial charge in [0, 0.05) is 4.47 Å². The van der Waals surface area contributed by atoms with Crippen molar-refractivity contribution in [3.8, 4) is 11.5 Å². The molecule has 3 aromatic carbocycles. The van der Waals surface area contributed by atoms with Crippen LogP contribution in [0, 0.1) is 0 Å². The molecule has 5 nitrogen and oxygen atoms in total. The van der Waals surface area contributed by atoms with Crippen LogP contribution in [0.1, 0.15) is 11.1 Å². The Bertz CT molecular complexity index is 1160. The number of nitrogens with zero attached hydrogens (tertiary/aromatic N) is 1. The lowest BCUT2D eigenvalue weighted by Gasteiger charge is -2.11. The highest BCUT2D eigenvalue weighted by molar-refractivity contribution is 9.10. The van der Waals surface area contributed by atoms with Crippen LogP contribution in [0.5, 0.6) is 11.5 Å². The summed E-state index contributed by atoms with van der Waals surface area (Å²) in [7, 11) is 1.60. The molecule has 1 aliphatic heterocycles. The molecular formula is C24H19BrN2O3S. The molecule has 1 fully saturated rings. The lowest BCUT2D eigenvalue weighted by Crippen LogP contribution is -2.19. The standard InChI is InChI=1S/C24H19BrN2O3S/c1-29-21-13-17(11-12-20(21)30-15-16-7-3-2-4-8-16)14-22-23(28)27-24(31-22)26-19-10-6-5-9-18(19)25/h2-14H,15H2,1H3,(H,26,27,28)/b22-14+. The topological polar surface area (TPSA) is 59.9 Å². The van der Waals surface area contributed by atoms with Crippen LogP contribution >= 0.6 is 27.7 Å². The highest BCUT2D eigenvalue weighted by Gasteiger charge is 2.24. The summed E-state index contributed by atoms with van der Waals surface area (Å²) in [6.45, 7) is 0.449. The maximum atomic E-state index is 12.4. The number of carbonyl (C=O) groups is 1. The minimum Gasteiger partial charge on any atom is -0.493 e. The number of carbonyl (C=O) groups excluding carboxylic acids is 1. The van der Waals surface area contributed by atoms with Crippen molar-refractivity contribution in [3.63, 3.8) is 0 Å². The van der Waals surface area contributed by atoms with Crippen LogP contribution in [-0.2, 0) is 11.4 Å². The highest BCUT2D eigenvalue weighted by atomic mass is 79.9. The van der Waals surface area contributed by atoms with E-state index in [1.807, 2.05) is 78.9 Å². The van der Waals surface area contributed by atoms with Gasteiger partial charge in [-0.05, 0) is 69.2 Å². The number of hydrogen-bond donors (Lipinski definition) is 1. The van der Waals surface area contributed by atoms with Gasteiger partial charge in [0.05, 0.1) is 17.7 Å². The number of nitrogens with one attached hydrogen (secondary N) is 1. The summed E-state index contributed by atoms with van der Waals surface area (Å²) in [5, 5.41) is 3.35. The van der Waals surface area contributed by atoms with Gasteiger partial charge in [-0.1, -0.05) is 48.5 Å². The molecule has 156 valence electrons. The average molecular weight is 495 g/mol. The molecular weight excluding hydrogens is 476 g/mol. The van der Waals surface area contributed by atoms with Gasteiger partial charge in [0.15, 0.2) is 16.7 Å². The van der Waals surface area contributed by atoms with Crippen LogP contribution in [0.25, 0.3) is 6.08 Å².